The van der Waals surface area contributed by atoms with Crippen molar-refractivity contribution in [1.29, 1.82) is 0 Å². The van der Waals surface area contributed by atoms with Crippen molar-refractivity contribution in [3.8, 4) is 0 Å². The van der Waals surface area contributed by atoms with Crippen molar-refractivity contribution in [3.05, 3.63) is 0 Å². The first kappa shape index (κ1) is 17.8. The maximum absolute atomic E-state index is 9.13. The van der Waals surface area contributed by atoms with Gasteiger partial charge in [0.05, 0.1) is 25.4 Å². The van der Waals surface area contributed by atoms with Crippen LogP contribution in [0.5, 0.6) is 0 Å². The molecular formula is C12H28N2O4. The van der Waals surface area contributed by atoms with E-state index in [-0.39, 0.29) is 13.1 Å². The van der Waals surface area contributed by atoms with Crippen LogP contribution in [-0.4, -0.2) is 61.9 Å². The van der Waals surface area contributed by atoms with Gasteiger partial charge in [-0.1, -0.05) is 12.8 Å². The van der Waals surface area contributed by atoms with Crippen molar-refractivity contribution in [2.75, 3.05) is 39.5 Å². The van der Waals surface area contributed by atoms with Crippen molar-refractivity contribution in [3.63, 3.8) is 0 Å². The third-order valence-electron chi connectivity index (χ3n) is 2.49. The summed E-state index contributed by atoms with van der Waals surface area (Å²) in [5.74, 6) is 0. The highest BCUT2D eigenvalue weighted by molar-refractivity contribution is 4.53. The molecule has 0 radical (unpaired) electrons. The summed E-state index contributed by atoms with van der Waals surface area (Å²) in [6, 6.07) is 0. The van der Waals surface area contributed by atoms with Gasteiger partial charge in [0.2, 0.25) is 0 Å². The molecule has 0 aromatic carbocycles. The molecule has 0 bridgehead atoms. The lowest BCUT2D eigenvalue weighted by molar-refractivity contribution is 0.0358. The van der Waals surface area contributed by atoms with E-state index in [2.05, 4.69) is 0 Å². The molecule has 110 valence electrons. The first-order valence-corrected chi connectivity index (χ1v) is 6.62. The van der Waals surface area contributed by atoms with Crippen molar-refractivity contribution in [2.24, 2.45) is 11.5 Å². The fraction of sp³-hybridized carbons (Fsp3) is 1.00. The van der Waals surface area contributed by atoms with Gasteiger partial charge in [-0.2, -0.15) is 0 Å². The molecule has 0 aromatic rings. The number of aliphatic hydroxyl groups excluding tert-OH is 2. The lowest BCUT2D eigenvalue weighted by atomic mass is 10.2. The van der Waals surface area contributed by atoms with Gasteiger partial charge >= 0.3 is 0 Å². The topological polar surface area (TPSA) is 111 Å². The summed E-state index contributed by atoms with van der Waals surface area (Å²) in [4.78, 5) is 0. The summed E-state index contributed by atoms with van der Waals surface area (Å²) in [6.45, 7) is 2.43. The minimum atomic E-state index is -0.549. The average molecular weight is 264 g/mol. The Morgan fingerprint density at radius 2 is 1.11 bits per heavy atom. The molecule has 0 saturated carbocycles. The molecule has 6 N–H and O–H groups in total. The lowest BCUT2D eigenvalue weighted by Gasteiger charge is -2.09. The summed E-state index contributed by atoms with van der Waals surface area (Å²) in [7, 11) is 0. The third-order valence-corrected chi connectivity index (χ3v) is 2.49. The molecule has 2 unspecified atom stereocenters. The zero-order valence-corrected chi connectivity index (χ0v) is 11.1. The predicted molar refractivity (Wildman–Crippen MR) is 70.2 cm³/mol. The Hall–Kier alpha value is -0.240. The van der Waals surface area contributed by atoms with Crippen LogP contribution >= 0.6 is 0 Å². The highest BCUT2D eigenvalue weighted by atomic mass is 16.5. The normalized spacial score (nSPS) is 14.7. The second-order valence-electron chi connectivity index (χ2n) is 4.34. The van der Waals surface area contributed by atoms with Crippen molar-refractivity contribution in [1.82, 2.24) is 0 Å². The summed E-state index contributed by atoms with van der Waals surface area (Å²) in [5.41, 5.74) is 10.5. The molecule has 6 nitrogen and oxygen atoms in total. The fourth-order valence-corrected chi connectivity index (χ4v) is 1.34. The average Bonchev–Trinajstić information content (AvgIpc) is 2.40. The predicted octanol–water partition coefficient (Wildman–Crippen LogP) is -0.781. The zero-order chi connectivity index (χ0) is 13.6. The molecule has 0 aliphatic carbocycles. The van der Waals surface area contributed by atoms with Crippen LogP contribution in [0, 0.1) is 0 Å². The fourth-order valence-electron chi connectivity index (χ4n) is 1.34. The molecular weight excluding hydrogens is 236 g/mol. The molecule has 0 rings (SSSR count). The number of nitrogens with two attached hydrogens (primary N) is 2. The molecule has 0 fully saturated rings. The lowest BCUT2D eigenvalue weighted by Crippen LogP contribution is -2.25. The van der Waals surface area contributed by atoms with Crippen LogP contribution < -0.4 is 11.5 Å². The van der Waals surface area contributed by atoms with E-state index < -0.39 is 12.2 Å². The van der Waals surface area contributed by atoms with Crippen LogP contribution in [0.4, 0.5) is 0 Å². The maximum Gasteiger partial charge on any atom is 0.0895 e. The standard InChI is InChI=1S/C12H28N2O4/c13-7-11(15)9-17-5-3-1-2-4-6-18-10-12(16)8-14/h11-12,15-16H,1-10,13-14H2. The van der Waals surface area contributed by atoms with Crippen molar-refractivity contribution >= 4 is 0 Å². The van der Waals surface area contributed by atoms with Gasteiger partial charge in [0.1, 0.15) is 0 Å². The van der Waals surface area contributed by atoms with Gasteiger partial charge in [0, 0.05) is 26.3 Å². The number of hydrogen-bond acceptors (Lipinski definition) is 6. The van der Waals surface area contributed by atoms with E-state index in [1.165, 1.54) is 0 Å². The quantitative estimate of drug-likeness (QED) is 0.325. The van der Waals surface area contributed by atoms with Gasteiger partial charge in [-0.3, -0.25) is 0 Å². The number of ether oxygens (including phenoxy) is 2. The van der Waals surface area contributed by atoms with Gasteiger partial charge in [0.25, 0.3) is 0 Å². The van der Waals surface area contributed by atoms with Crippen LogP contribution in [0.1, 0.15) is 25.7 Å². The second kappa shape index (κ2) is 13.2. The summed E-state index contributed by atoms with van der Waals surface area (Å²) in [5, 5.41) is 18.3. The monoisotopic (exact) mass is 264 g/mol. The molecule has 0 spiro atoms. The highest BCUT2D eigenvalue weighted by Crippen LogP contribution is 2.01. The molecule has 2 atom stereocenters. The van der Waals surface area contributed by atoms with E-state index in [4.69, 9.17) is 31.2 Å². The molecule has 0 heterocycles. The van der Waals surface area contributed by atoms with Crippen LogP contribution in [0.15, 0.2) is 0 Å². The number of hydrogen-bond donors (Lipinski definition) is 4. The smallest absolute Gasteiger partial charge is 0.0895 e. The van der Waals surface area contributed by atoms with Crippen LogP contribution in [0.25, 0.3) is 0 Å². The van der Waals surface area contributed by atoms with E-state index in [0.29, 0.717) is 26.4 Å². The van der Waals surface area contributed by atoms with Crippen LogP contribution in [0.3, 0.4) is 0 Å². The van der Waals surface area contributed by atoms with Gasteiger partial charge in [-0.25, -0.2) is 0 Å². The molecule has 0 amide bonds. The number of rotatable bonds is 13. The third kappa shape index (κ3) is 12.2. The van der Waals surface area contributed by atoms with Gasteiger partial charge in [-0.15, -0.1) is 0 Å². The molecule has 6 heteroatoms. The SMILES string of the molecule is NCC(O)COCCCCCCOCC(O)CN. The van der Waals surface area contributed by atoms with Crippen molar-refractivity contribution in [2.45, 2.75) is 37.9 Å². The van der Waals surface area contributed by atoms with Gasteiger partial charge in [0.15, 0.2) is 0 Å². The van der Waals surface area contributed by atoms with E-state index in [9.17, 15) is 0 Å². The van der Waals surface area contributed by atoms with E-state index >= 15 is 0 Å². The molecule has 0 aromatic heterocycles. The summed E-state index contributed by atoms with van der Waals surface area (Å²) >= 11 is 0. The zero-order valence-electron chi connectivity index (χ0n) is 11.1. The Bertz CT molecular complexity index is 154. The summed E-state index contributed by atoms with van der Waals surface area (Å²) in [6.07, 6.45) is 2.99. The Labute approximate surface area is 109 Å². The first-order chi connectivity index (χ1) is 8.70. The summed E-state index contributed by atoms with van der Waals surface area (Å²) < 4.78 is 10.5. The Balaban J connectivity index is 3.03. The van der Waals surface area contributed by atoms with Gasteiger partial charge < -0.3 is 31.2 Å². The minimum Gasteiger partial charge on any atom is -0.389 e. The molecule has 0 aliphatic heterocycles. The second-order valence-corrected chi connectivity index (χ2v) is 4.34. The van der Waals surface area contributed by atoms with Crippen LogP contribution in [-0.2, 0) is 9.47 Å². The number of aliphatic hydroxyl groups is 2. The van der Waals surface area contributed by atoms with E-state index in [0.717, 1.165) is 25.7 Å². The minimum absolute atomic E-state index is 0.242. The van der Waals surface area contributed by atoms with Crippen molar-refractivity contribution < 1.29 is 19.7 Å². The molecule has 0 saturated heterocycles. The Morgan fingerprint density at radius 3 is 1.44 bits per heavy atom. The first-order valence-electron chi connectivity index (χ1n) is 6.62. The largest absolute Gasteiger partial charge is 0.389 e. The molecule has 0 aliphatic rings. The van der Waals surface area contributed by atoms with Gasteiger partial charge in [-0.05, 0) is 12.8 Å². The number of unbranched alkanes of at least 4 members (excludes halogenated alkanes) is 3. The Morgan fingerprint density at radius 1 is 0.722 bits per heavy atom. The highest BCUT2D eigenvalue weighted by Gasteiger charge is 2.01. The Kier molecular flexibility index (Phi) is 13.0. The maximum atomic E-state index is 9.13. The van der Waals surface area contributed by atoms with E-state index in [1.54, 1.807) is 0 Å². The molecule has 18 heavy (non-hydrogen) atoms. The van der Waals surface area contributed by atoms with E-state index in [1.807, 2.05) is 0 Å². The van der Waals surface area contributed by atoms with Crippen LogP contribution in [0.2, 0.25) is 0 Å².